The lowest BCUT2D eigenvalue weighted by molar-refractivity contribution is -0.138. The maximum absolute atomic E-state index is 12.9. The van der Waals surface area contributed by atoms with Crippen LogP contribution in [0, 0.1) is 11.3 Å². The molecule has 0 unspecified atom stereocenters. The number of likely N-dealkylation sites (tertiary alicyclic amines) is 1. The monoisotopic (exact) mass is 370 g/mol. The average molecular weight is 371 g/mol. The zero-order chi connectivity index (χ0) is 18.9. The van der Waals surface area contributed by atoms with Crippen molar-refractivity contribution in [2.75, 3.05) is 40.4 Å². The van der Waals surface area contributed by atoms with Crippen LogP contribution in [0.3, 0.4) is 0 Å². The van der Waals surface area contributed by atoms with Crippen LogP contribution >= 0.6 is 0 Å². The van der Waals surface area contributed by atoms with E-state index in [0.29, 0.717) is 11.3 Å². The SMILES string of the molecule is CN(C)C1(c2ccccc2)CCC2(CCN(C(=O)C3CCOCC3)C2)CC1. The van der Waals surface area contributed by atoms with E-state index in [4.69, 9.17) is 4.74 Å². The maximum atomic E-state index is 12.9. The second kappa shape index (κ2) is 7.56. The van der Waals surface area contributed by atoms with Gasteiger partial charge in [-0.05, 0) is 70.0 Å². The number of amides is 1. The third-order valence-corrected chi connectivity index (χ3v) is 7.63. The van der Waals surface area contributed by atoms with Crippen molar-refractivity contribution in [1.82, 2.24) is 9.80 Å². The lowest BCUT2D eigenvalue weighted by Crippen LogP contribution is -2.47. The molecule has 0 N–H and O–H groups in total. The molecular weight excluding hydrogens is 336 g/mol. The van der Waals surface area contributed by atoms with Crippen LogP contribution in [0.4, 0.5) is 0 Å². The third kappa shape index (κ3) is 3.54. The molecule has 2 saturated heterocycles. The van der Waals surface area contributed by atoms with Gasteiger partial charge in [-0.1, -0.05) is 30.3 Å². The van der Waals surface area contributed by atoms with Crippen LogP contribution in [-0.4, -0.2) is 56.1 Å². The molecule has 1 aliphatic carbocycles. The molecule has 148 valence electrons. The first-order valence-electron chi connectivity index (χ1n) is 10.6. The molecule has 1 saturated carbocycles. The summed E-state index contributed by atoms with van der Waals surface area (Å²) in [6, 6.07) is 11.0. The Morgan fingerprint density at radius 1 is 1.04 bits per heavy atom. The van der Waals surface area contributed by atoms with Crippen molar-refractivity contribution < 1.29 is 9.53 Å². The zero-order valence-electron chi connectivity index (χ0n) is 17.0. The van der Waals surface area contributed by atoms with E-state index < -0.39 is 0 Å². The Morgan fingerprint density at radius 2 is 1.70 bits per heavy atom. The van der Waals surface area contributed by atoms with Crippen molar-refractivity contribution in [2.45, 2.75) is 50.5 Å². The van der Waals surface area contributed by atoms with Gasteiger partial charge in [0.05, 0.1) is 0 Å². The highest BCUT2D eigenvalue weighted by Gasteiger charge is 2.48. The highest BCUT2D eigenvalue weighted by molar-refractivity contribution is 5.79. The van der Waals surface area contributed by atoms with Crippen molar-refractivity contribution >= 4 is 5.91 Å². The van der Waals surface area contributed by atoms with E-state index in [9.17, 15) is 4.79 Å². The Morgan fingerprint density at radius 3 is 2.33 bits per heavy atom. The molecule has 1 aromatic rings. The number of ether oxygens (including phenoxy) is 1. The van der Waals surface area contributed by atoms with E-state index in [-0.39, 0.29) is 11.5 Å². The fraction of sp³-hybridized carbons (Fsp3) is 0.696. The number of nitrogens with zero attached hydrogens (tertiary/aromatic N) is 2. The van der Waals surface area contributed by atoms with Crippen LogP contribution in [0.2, 0.25) is 0 Å². The smallest absolute Gasteiger partial charge is 0.225 e. The Labute approximate surface area is 163 Å². The number of carbonyl (C=O) groups is 1. The van der Waals surface area contributed by atoms with Gasteiger partial charge in [-0.15, -0.1) is 0 Å². The van der Waals surface area contributed by atoms with Gasteiger partial charge in [-0.3, -0.25) is 9.69 Å². The normalized spacial score (nSPS) is 32.3. The standard InChI is InChI=1S/C23H34N2O2/c1-24(2)23(20-6-4-3-5-7-20)12-10-22(11-13-23)14-15-25(18-22)21(26)19-8-16-27-17-9-19/h3-7,19H,8-18H2,1-2H3. The molecule has 4 rings (SSSR count). The third-order valence-electron chi connectivity index (χ3n) is 7.63. The quantitative estimate of drug-likeness (QED) is 0.814. The topological polar surface area (TPSA) is 32.8 Å². The van der Waals surface area contributed by atoms with Crippen molar-refractivity contribution in [3.63, 3.8) is 0 Å². The lowest BCUT2D eigenvalue weighted by Gasteiger charge is -2.49. The molecular formula is C23H34N2O2. The summed E-state index contributed by atoms with van der Waals surface area (Å²) in [7, 11) is 4.45. The van der Waals surface area contributed by atoms with E-state index >= 15 is 0 Å². The molecule has 2 aliphatic heterocycles. The Kier molecular flexibility index (Phi) is 5.30. The van der Waals surface area contributed by atoms with E-state index in [2.05, 4.69) is 54.2 Å². The first-order chi connectivity index (χ1) is 13.0. The van der Waals surface area contributed by atoms with E-state index in [0.717, 1.165) is 39.1 Å². The summed E-state index contributed by atoms with van der Waals surface area (Å²) in [4.78, 5) is 17.6. The van der Waals surface area contributed by atoms with Crippen LogP contribution in [0.5, 0.6) is 0 Å². The van der Waals surface area contributed by atoms with Crippen LogP contribution in [0.25, 0.3) is 0 Å². The summed E-state index contributed by atoms with van der Waals surface area (Å²) in [5, 5.41) is 0. The Bertz CT molecular complexity index is 644. The van der Waals surface area contributed by atoms with Crippen LogP contribution < -0.4 is 0 Å². The summed E-state index contributed by atoms with van der Waals surface area (Å²) in [6.45, 7) is 3.42. The second-order valence-corrected chi connectivity index (χ2v) is 9.19. The minimum Gasteiger partial charge on any atom is -0.381 e. The second-order valence-electron chi connectivity index (χ2n) is 9.19. The van der Waals surface area contributed by atoms with Crippen molar-refractivity contribution in [3.05, 3.63) is 35.9 Å². The molecule has 0 radical (unpaired) electrons. The molecule has 1 spiro atoms. The van der Waals surface area contributed by atoms with Gasteiger partial charge in [0.1, 0.15) is 0 Å². The summed E-state index contributed by atoms with van der Waals surface area (Å²) in [5.74, 6) is 0.588. The minimum atomic E-state index is 0.143. The molecule has 3 aliphatic rings. The van der Waals surface area contributed by atoms with E-state index in [1.807, 2.05) is 0 Å². The largest absolute Gasteiger partial charge is 0.381 e. The Balaban J connectivity index is 1.43. The van der Waals surface area contributed by atoms with E-state index in [1.54, 1.807) is 0 Å². The summed E-state index contributed by atoms with van der Waals surface area (Å²) < 4.78 is 5.43. The number of hydrogen-bond donors (Lipinski definition) is 0. The molecule has 27 heavy (non-hydrogen) atoms. The van der Waals surface area contributed by atoms with Gasteiger partial charge in [0.25, 0.3) is 0 Å². The average Bonchev–Trinajstić information content (AvgIpc) is 3.13. The number of rotatable bonds is 3. The van der Waals surface area contributed by atoms with Gasteiger partial charge in [0.15, 0.2) is 0 Å². The Hall–Kier alpha value is -1.39. The van der Waals surface area contributed by atoms with Crippen LogP contribution in [0.1, 0.15) is 50.5 Å². The first-order valence-corrected chi connectivity index (χ1v) is 10.6. The molecule has 4 nitrogen and oxygen atoms in total. The predicted octanol–water partition coefficient (Wildman–Crippen LogP) is 3.66. The van der Waals surface area contributed by atoms with Gasteiger partial charge in [-0.25, -0.2) is 0 Å². The molecule has 2 heterocycles. The molecule has 0 bridgehead atoms. The van der Waals surface area contributed by atoms with Gasteiger partial charge < -0.3 is 9.64 Å². The molecule has 0 atom stereocenters. The fourth-order valence-corrected chi connectivity index (χ4v) is 5.67. The maximum Gasteiger partial charge on any atom is 0.225 e. The number of carbonyl (C=O) groups excluding carboxylic acids is 1. The van der Waals surface area contributed by atoms with Gasteiger partial charge >= 0.3 is 0 Å². The highest BCUT2D eigenvalue weighted by Crippen LogP contribution is 2.52. The van der Waals surface area contributed by atoms with Crippen LogP contribution in [-0.2, 0) is 15.1 Å². The number of benzene rings is 1. The van der Waals surface area contributed by atoms with Crippen molar-refractivity contribution in [1.29, 1.82) is 0 Å². The van der Waals surface area contributed by atoms with Crippen LogP contribution in [0.15, 0.2) is 30.3 Å². The molecule has 4 heteroatoms. The molecule has 1 aromatic carbocycles. The summed E-state index contributed by atoms with van der Waals surface area (Å²) in [5.41, 5.74) is 1.93. The first kappa shape index (κ1) is 18.9. The van der Waals surface area contributed by atoms with E-state index in [1.165, 1.54) is 37.7 Å². The van der Waals surface area contributed by atoms with Crippen molar-refractivity contribution in [3.8, 4) is 0 Å². The molecule has 1 amide bonds. The summed E-state index contributed by atoms with van der Waals surface area (Å²) in [6.07, 6.45) is 7.79. The molecule has 3 fully saturated rings. The zero-order valence-corrected chi connectivity index (χ0v) is 17.0. The van der Waals surface area contributed by atoms with Gasteiger partial charge in [0.2, 0.25) is 5.91 Å². The van der Waals surface area contributed by atoms with Crippen molar-refractivity contribution in [2.24, 2.45) is 11.3 Å². The van der Waals surface area contributed by atoms with Gasteiger partial charge in [-0.2, -0.15) is 0 Å². The van der Waals surface area contributed by atoms with Gasteiger partial charge in [0, 0.05) is 37.8 Å². The minimum absolute atomic E-state index is 0.143. The number of hydrogen-bond acceptors (Lipinski definition) is 3. The lowest BCUT2D eigenvalue weighted by atomic mass is 9.64. The summed E-state index contributed by atoms with van der Waals surface area (Å²) >= 11 is 0. The predicted molar refractivity (Wildman–Crippen MR) is 107 cm³/mol. The highest BCUT2D eigenvalue weighted by atomic mass is 16.5. The molecule has 0 aromatic heterocycles. The fourth-order valence-electron chi connectivity index (χ4n) is 5.67.